The van der Waals surface area contributed by atoms with Crippen LogP contribution in [-0.2, 0) is 16.0 Å². The van der Waals surface area contributed by atoms with Crippen molar-refractivity contribution in [2.75, 3.05) is 7.11 Å². The van der Waals surface area contributed by atoms with Crippen LogP contribution in [0.1, 0.15) is 15.9 Å². The van der Waals surface area contributed by atoms with E-state index in [0.29, 0.717) is 4.47 Å². The first kappa shape index (κ1) is 20.6. The summed E-state index contributed by atoms with van der Waals surface area (Å²) in [5.74, 6) is -1.28. The molecule has 0 fully saturated rings. The molecule has 0 saturated carbocycles. The first-order valence-electron chi connectivity index (χ1n) is 8.99. The van der Waals surface area contributed by atoms with Gasteiger partial charge in [0, 0.05) is 10.9 Å². The third-order valence-electron chi connectivity index (χ3n) is 4.50. The minimum absolute atomic E-state index is 0.0766. The summed E-state index contributed by atoms with van der Waals surface area (Å²) in [4.78, 5) is 24.8. The molecule has 3 aromatic rings. The lowest BCUT2D eigenvalue weighted by Gasteiger charge is -2.17. The van der Waals surface area contributed by atoms with Gasteiger partial charge in [0.2, 0.25) is 0 Å². The number of rotatable bonds is 6. The molecule has 6 heteroatoms. The number of phenolic OH excluding ortho intramolecular Hbond substituents is 1. The van der Waals surface area contributed by atoms with Gasteiger partial charge in [-0.25, -0.2) is 4.79 Å². The Kier molecular flexibility index (Phi) is 6.67. The van der Waals surface area contributed by atoms with Crippen LogP contribution < -0.4 is 5.32 Å². The van der Waals surface area contributed by atoms with E-state index < -0.39 is 17.9 Å². The molecule has 0 unspecified atom stereocenters. The van der Waals surface area contributed by atoms with Crippen molar-refractivity contribution in [3.8, 4) is 16.9 Å². The molecule has 0 aliphatic rings. The fraction of sp³-hybridized carbons (Fsp3) is 0.130. The summed E-state index contributed by atoms with van der Waals surface area (Å²) in [5, 5.41) is 12.6. The number of benzene rings is 3. The zero-order valence-electron chi connectivity index (χ0n) is 15.8. The van der Waals surface area contributed by atoms with E-state index in [9.17, 15) is 14.7 Å². The fourth-order valence-electron chi connectivity index (χ4n) is 2.96. The number of ether oxygens (including phenoxy) is 1. The molecule has 148 valence electrons. The number of aromatic hydroxyl groups is 1. The highest BCUT2D eigenvalue weighted by atomic mass is 79.9. The number of methoxy groups -OCH3 is 1. The quantitative estimate of drug-likeness (QED) is 0.544. The van der Waals surface area contributed by atoms with E-state index in [0.717, 1.165) is 16.7 Å². The van der Waals surface area contributed by atoms with E-state index in [2.05, 4.69) is 21.2 Å². The molecule has 0 aliphatic heterocycles. The maximum Gasteiger partial charge on any atom is 0.328 e. The van der Waals surface area contributed by atoms with E-state index in [4.69, 9.17) is 4.74 Å². The van der Waals surface area contributed by atoms with Gasteiger partial charge >= 0.3 is 5.97 Å². The van der Waals surface area contributed by atoms with Gasteiger partial charge in [0.25, 0.3) is 5.91 Å². The minimum Gasteiger partial charge on any atom is -0.507 e. The topological polar surface area (TPSA) is 75.6 Å². The molecule has 0 bridgehead atoms. The van der Waals surface area contributed by atoms with Gasteiger partial charge < -0.3 is 15.2 Å². The van der Waals surface area contributed by atoms with E-state index in [1.54, 1.807) is 6.07 Å². The van der Waals surface area contributed by atoms with Crippen LogP contribution in [0.2, 0.25) is 0 Å². The predicted molar refractivity (Wildman–Crippen MR) is 115 cm³/mol. The summed E-state index contributed by atoms with van der Waals surface area (Å²) in [7, 11) is 1.27. The van der Waals surface area contributed by atoms with Crippen molar-refractivity contribution in [2.45, 2.75) is 12.5 Å². The molecule has 2 N–H and O–H groups in total. The number of carbonyl (C=O) groups excluding carboxylic acids is 2. The van der Waals surface area contributed by atoms with Crippen molar-refractivity contribution in [1.82, 2.24) is 5.32 Å². The second-order valence-corrected chi connectivity index (χ2v) is 7.39. The molecule has 5 nitrogen and oxygen atoms in total. The number of carbonyl (C=O) groups is 2. The third kappa shape index (κ3) is 5.23. The average Bonchev–Trinajstić information content (AvgIpc) is 2.75. The average molecular weight is 454 g/mol. The van der Waals surface area contributed by atoms with Crippen LogP contribution in [0.4, 0.5) is 0 Å². The Morgan fingerprint density at radius 1 is 1.00 bits per heavy atom. The van der Waals surface area contributed by atoms with E-state index >= 15 is 0 Å². The Bertz CT molecular complexity index is 1000. The van der Waals surface area contributed by atoms with Crippen molar-refractivity contribution in [1.29, 1.82) is 0 Å². The standard InChI is InChI=1S/C23H20BrNO4/c1-29-23(28)20(25-22(27)19-14-18(24)11-12-21(19)26)13-15-7-9-17(10-8-15)16-5-3-2-4-6-16/h2-12,14,20,26H,13H2,1H3,(H,25,27)/t20-/m0/s1. The first-order valence-corrected chi connectivity index (χ1v) is 9.79. The molecular formula is C23H20BrNO4. The van der Waals surface area contributed by atoms with Gasteiger partial charge in [-0.15, -0.1) is 0 Å². The first-order chi connectivity index (χ1) is 14.0. The van der Waals surface area contributed by atoms with Gasteiger partial charge in [-0.05, 0) is 34.9 Å². The number of nitrogens with one attached hydrogen (secondary N) is 1. The van der Waals surface area contributed by atoms with Gasteiger partial charge in [0.15, 0.2) is 0 Å². The van der Waals surface area contributed by atoms with Crippen LogP contribution in [0.25, 0.3) is 11.1 Å². The number of hydrogen-bond donors (Lipinski definition) is 2. The molecule has 3 aromatic carbocycles. The van der Waals surface area contributed by atoms with Crippen molar-refractivity contribution in [3.63, 3.8) is 0 Å². The van der Waals surface area contributed by atoms with Gasteiger partial charge in [-0.1, -0.05) is 70.5 Å². The second kappa shape index (κ2) is 9.39. The summed E-state index contributed by atoms with van der Waals surface area (Å²) in [5.41, 5.74) is 3.11. The Hall–Kier alpha value is -3.12. The van der Waals surface area contributed by atoms with Gasteiger partial charge in [-0.3, -0.25) is 4.79 Å². The lowest BCUT2D eigenvalue weighted by atomic mass is 10.0. The molecular weight excluding hydrogens is 434 g/mol. The van der Waals surface area contributed by atoms with Crippen molar-refractivity contribution in [3.05, 3.63) is 88.4 Å². The Morgan fingerprint density at radius 3 is 2.31 bits per heavy atom. The zero-order valence-corrected chi connectivity index (χ0v) is 17.3. The highest BCUT2D eigenvalue weighted by Gasteiger charge is 2.24. The highest BCUT2D eigenvalue weighted by Crippen LogP contribution is 2.23. The molecule has 3 rings (SSSR count). The van der Waals surface area contributed by atoms with Crippen LogP contribution in [0.3, 0.4) is 0 Å². The second-order valence-electron chi connectivity index (χ2n) is 6.48. The number of halogens is 1. The van der Waals surface area contributed by atoms with Gasteiger partial charge in [0.05, 0.1) is 12.7 Å². The smallest absolute Gasteiger partial charge is 0.328 e. The molecule has 29 heavy (non-hydrogen) atoms. The van der Waals surface area contributed by atoms with Crippen LogP contribution in [0.15, 0.2) is 77.3 Å². The monoisotopic (exact) mass is 453 g/mol. The molecule has 1 atom stereocenters. The summed E-state index contributed by atoms with van der Waals surface area (Å²) in [6, 6.07) is 21.4. The normalized spacial score (nSPS) is 11.5. The summed E-state index contributed by atoms with van der Waals surface area (Å²) >= 11 is 3.27. The van der Waals surface area contributed by atoms with E-state index in [1.165, 1.54) is 19.2 Å². The molecule has 0 heterocycles. The highest BCUT2D eigenvalue weighted by molar-refractivity contribution is 9.10. The third-order valence-corrected chi connectivity index (χ3v) is 4.99. The van der Waals surface area contributed by atoms with Crippen molar-refractivity contribution >= 4 is 27.8 Å². The van der Waals surface area contributed by atoms with Crippen LogP contribution in [0, 0.1) is 0 Å². The predicted octanol–water partition coefficient (Wildman–Crippen LogP) is 4.34. The summed E-state index contributed by atoms with van der Waals surface area (Å²) in [6.07, 6.45) is 0.266. The van der Waals surface area contributed by atoms with Crippen molar-refractivity contribution < 1.29 is 19.4 Å². The van der Waals surface area contributed by atoms with Crippen LogP contribution >= 0.6 is 15.9 Å². The molecule has 0 aromatic heterocycles. The SMILES string of the molecule is COC(=O)[C@H](Cc1ccc(-c2ccccc2)cc1)NC(=O)c1cc(Br)ccc1O. The lowest BCUT2D eigenvalue weighted by molar-refractivity contribution is -0.142. The Labute approximate surface area is 177 Å². The maximum atomic E-state index is 12.6. The largest absolute Gasteiger partial charge is 0.507 e. The number of phenols is 1. The Morgan fingerprint density at radius 2 is 1.66 bits per heavy atom. The zero-order chi connectivity index (χ0) is 20.8. The fourth-order valence-corrected chi connectivity index (χ4v) is 3.32. The van der Waals surface area contributed by atoms with Crippen LogP contribution in [-0.4, -0.2) is 30.1 Å². The van der Waals surface area contributed by atoms with Crippen LogP contribution in [0.5, 0.6) is 5.75 Å². The molecule has 0 radical (unpaired) electrons. The number of amides is 1. The molecule has 1 amide bonds. The molecule has 0 aliphatic carbocycles. The minimum atomic E-state index is -0.881. The molecule has 0 saturated heterocycles. The van der Waals surface area contributed by atoms with E-state index in [1.807, 2.05) is 54.6 Å². The number of hydrogen-bond acceptors (Lipinski definition) is 4. The lowest BCUT2D eigenvalue weighted by Crippen LogP contribution is -2.43. The van der Waals surface area contributed by atoms with Gasteiger partial charge in [-0.2, -0.15) is 0 Å². The number of esters is 1. The maximum absolute atomic E-state index is 12.6. The van der Waals surface area contributed by atoms with Gasteiger partial charge in [0.1, 0.15) is 11.8 Å². The molecule has 0 spiro atoms. The van der Waals surface area contributed by atoms with Crippen molar-refractivity contribution in [2.24, 2.45) is 0 Å². The summed E-state index contributed by atoms with van der Waals surface area (Å²) in [6.45, 7) is 0. The summed E-state index contributed by atoms with van der Waals surface area (Å²) < 4.78 is 5.49. The van der Waals surface area contributed by atoms with E-state index in [-0.39, 0.29) is 17.7 Å². The Balaban J connectivity index is 1.76.